The molecule has 4 heteroatoms. The van der Waals surface area contributed by atoms with Gasteiger partial charge in [0, 0.05) is 26.2 Å². The van der Waals surface area contributed by atoms with Gasteiger partial charge in [0.15, 0.2) is 0 Å². The number of rotatable bonds is 5. The standard InChI is InChI=1S/C17H27N3O/c1-4-19(5-2)16(15-9-7-6-8-10-15)17(21)20-13-11-18(3)12-14-20/h6-10,16H,4-5,11-14H2,1-3H3. The normalized spacial score (nSPS) is 18.0. The lowest BCUT2D eigenvalue weighted by atomic mass is 10.0. The molecule has 0 bridgehead atoms. The van der Waals surface area contributed by atoms with Crippen LogP contribution in [0.5, 0.6) is 0 Å². The molecule has 4 nitrogen and oxygen atoms in total. The molecule has 2 rings (SSSR count). The average molecular weight is 289 g/mol. The first kappa shape index (κ1) is 16.0. The zero-order chi connectivity index (χ0) is 15.2. The molecule has 1 saturated heterocycles. The predicted molar refractivity (Wildman–Crippen MR) is 86.2 cm³/mol. The van der Waals surface area contributed by atoms with Crippen LogP contribution in [0, 0.1) is 0 Å². The van der Waals surface area contributed by atoms with Gasteiger partial charge in [-0.25, -0.2) is 0 Å². The highest BCUT2D eigenvalue weighted by molar-refractivity contribution is 5.83. The number of amides is 1. The van der Waals surface area contributed by atoms with Crippen molar-refractivity contribution >= 4 is 5.91 Å². The van der Waals surface area contributed by atoms with Gasteiger partial charge in [-0.3, -0.25) is 9.69 Å². The zero-order valence-electron chi connectivity index (χ0n) is 13.5. The van der Waals surface area contributed by atoms with Crippen molar-refractivity contribution in [2.75, 3.05) is 46.3 Å². The highest BCUT2D eigenvalue weighted by Crippen LogP contribution is 2.23. The summed E-state index contributed by atoms with van der Waals surface area (Å²) in [5.41, 5.74) is 1.10. The Hall–Kier alpha value is -1.39. The molecule has 0 spiro atoms. The van der Waals surface area contributed by atoms with Gasteiger partial charge in [-0.2, -0.15) is 0 Å². The molecule has 1 aromatic carbocycles. The van der Waals surface area contributed by atoms with Crippen molar-refractivity contribution in [3.05, 3.63) is 35.9 Å². The number of benzene rings is 1. The van der Waals surface area contributed by atoms with Crippen molar-refractivity contribution < 1.29 is 4.79 Å². The molecule has 0 saturated carbocycles. The number of piperazine rings is 1. The van der Waals surface area contributed by atoms with Crippen LogP contribution < -0.4 is 0 Å². The minimum Gasteiger partial charge on any atom is -0.338 e. The number of carbonyl (C=O) groups excluding carboxylic acids is 1. The maximum absolute atomic E-state index is 13.0. The van der Waals surface area contributed by atoms with Crippen LogP contribution in [0.25, 0.3) is 0 Å². The summed E-state index contributed by atoms with van der Waals surface area (Å²) in [7, 11) is 2.11. The highest BCUT2D eigenvalue weighted by Gasteiger charge is 2.31. The molecule has 1 aromatic rings. The minimum absolute atomic E-state index is 0.149. The Morgan fingerprint density at radius 2 is 1.67 bits per heavy atom. The molecular weight excluding hydrogens is 262 g/mol. The van der Waals surface area contributed by atoms with Gasteiger partial charge >= 0.3 is 0 Å². The highest BCUT2D eigenvalue weighted by atomic mass is 16.2. The van der Waals surface area contributed by atoms with Crippen LogP contribution >= 0.6 is 0 Å². The van der Waals surface area contributed by atoms with Crippen molar-refractivity contribution in [2.24, 2.45) is 0 Å². The van der Waals surface area contributed by atoms with Gasteiger partial charge in [-0.1, -0.05) is 44.2 Å². The van der Waals surface area contributed by atoms with Crippen molar-refractivity contribution in [1.29, 1.82) is 0 Å². The fourth-order valence-electron chi connectivity index (χ4n) is 2.93. The summed E-state index contributed by atoms with van der Waals surface area (Å²) in [5, 5.41) is 0. The van der Waals surface area contributed by atoms with Crippen LogP contribution in [0.3, 0.4) is 0 Å². The predicted octanol–water partition coefficient (Wildman–Crippen LogP) is 1.84. The summed E-state index contributed by atoms with van der Waals surface area (Å²) in [5.74, 6) is 0.248. The second-order valence-electron chi connectivity index (χ2n) is 5.66. The van der Waals surface area contributed by atoms with Gasteiger partial charge in [-0.05, 0) is 25.7 Å². The lowest BCUT2D eigenvalue weighted by Gasteiger charge is -2.37. The number of likely N-dealkylation sites (N-methyl/N-ethyl adjacent to an activating group) is 2. The molecule has 0 radical (unpaired) electrons. The van der Waals surface area contributed by atoms with E-state index in [9.17, 15) is 4.79 Å². The van der Waals surface area contributed by atoms with Gasteiger partial charge in [0.2, 0.25) is 5.91 Å². The van der Waals surface area contributed by atoms with E-state index in [1.807, 2.05) is 23.1 Å². The Labute approximate surface area is 128 Å². The number of hydrogen-bond acceptors (Lipinski definition) is 3. The molecule has 116 valence electrons. The second-order valence-corrected chi connectivity index (χ2v) is 5.66. The molecule has 1 unspecified atom stereocenters. The fourth-order valence-corrected chi connectivity index (χ4v) is 2.93. The Morgan fingerprint density at radius 1 is 1.10 bits per heavy atom. The van der Waals surface area contributed by atoms with E-state index >= 15 is 0 Å². The Kier molecular flexibility index (Phi) is 5.76. The van der Waals surface area contributed by atoms with Gasteiger partial charge in [0.25, 0.3) is 0 Å². The van der Waals surface area contributed by atoms with E-state index in [1.165, 1.54) is 0 Å². The van der Waals surface area contributed by atoms with Crippen molar-refractivity contribution in [3.63, 3.8) is 0 Å². The van der Waals surface area contributed by atoms with E-state index in [-0.39, 0.29) is 11.9 Å². The number of carbonyl (C=O) groups is 1. The van der Waals surface area contributed by atoms with E-state index < -0.39 is 0 Å². The SMILES string of the molecule is CCN(CC)C(C(=O)N1CCN(C)CC1)c1ccccc1. The molecule has 0 aromatic heterocycles. The van der Waals surface area contributed by atoms with E-state index in [2.05, 4.69) is 42.8 Å². The van der Waals surface area contributed by atoms with Gasteiger partial charge in [0.1, 0.15) is 6.04 Å². The largest absolute Gasteiger partial charge is 0.338 e. The topological polar surface area (TPSA) is 26.8 Å². The number of nitrogens with zero attached hydrogens (tertiary/aromatic N) is 3. The maximum atomic E-state index is 13.0. The average Bonchev–Trinajstić information content (AvgIpc) is 2.53. The Bertz CT molecular complexity index is 437. The molecule has 1 aliphatic heterocycles. The van der Waals surface area contributed by atoms with Gasteiger partial charge in [-0.15, -0.1) is 0 Å². The second kappa shape index (κ2) is 7.57. The quantitative estimate of drug-likeness (QED) is 0.827. The lowest BCUT2D eigenvalue weighted by molar-refractivity contribution is -0.138. The van der Waals surface area contributed by atoms with Crippen molar-refractivity contribution in [1.82, 2.24) is 14.7 Å². The van der Waals surface area contributed by atoms with Gasteiger partial charge in [0.05, 0.1) is 0 Å². The molecule has 1 aliphatic rings. The molecule has 1 atom stereocenters. The Balaban J connectivity index is 2.20. The Morgan fingerprint density at radius 3 is 2.19 bits per heavy atom. The summed E-state index contributed by atoms with van der Waals surface area (Å²) in [6.07, 6.45) is 0. The summed E-state index contributed by atoms with van der Waals surface area (Å²) in [6, 6.07) is 10.0. The smallest absolute Gasteiger partial charge is 0.244 e. The molecule has 1 heterocycles. The molecule has 1 amide bonds. The first-order valence-electron chi connectivity index (χ1n) is 7.93. The van der Waals surface area contributed by atoms with Crippen LogP contribution in [0.15, 0.2) is 30.3 Å². The van der Waals surface area contributed by atoms with Crippen molar-refractivity contribution in [3.8, 4) is 0 Å². The maximum Gasteiger partial charge on any atom is 0.244 e. The molecule has 1 fully saturated rings. The summed E-state index contributed by atoms with van der Waals surface area (Å²) in [4.78, 5) is 19.6. The third-order valence-electron chi connectivity index (χ3n) is 4.34. The van der Waals surface area contributed by atoms with Crippen molar-refractivity contribution in [2.45, 2.75) is 19.9 Å². The third kappa shape index (κ3) is 3.83. The first-order valence-corrected chi connectivity index (χ1v) is 7.93. The summed E-state index contributed by atoms with van der Waals surface area (Å²) < 4.78 is 0. The van der Waals surface area contributed by atoms with Crippen LogP contribution in [0.2, 0.25) is 0 Å². The van der Waals surface area contributed by atoms with E-state index in [4.69, 9.17) is 0 Å². The minimum atomic E-state index is -0.149. The van der Waals surface area contributed by atoms with Crippen LogP contribution in [0.4, 0.5) is 0 Å². The third-order valence-corrected chi connectivity index (χ3v) is 4.34. The lowest BCUT2D eigenvalue weighted by Crippen LogP contribution is -2.51. The van der Waals surface area contributed by atoms with Crippen LogP contribution in [-0.2, 0) is 4.79 Å². The fraction of sp³-hybridized carbons (Fsp3) is 0.588. The molecule has 0 aliphatic carbocycles. The molecular formula is C17H27N3O. The van der Waals surface area contributed by atoms with Crippen LogP contribution in [0.1, 0.15) is 25.5 Å². The summed E-state index contributed by atoms with van der Waals surface area (Å²) >= 11 is 0. The summed E-state index contributed by atoms with van der Waals surface area (Å²) in [6.45, 7) is 9.61. The van der Waals surface area contributed by atoms with Gasteiger partial charge < -0.3 is 9.80 Å². The van der Waals surface area contributed by atoms with Crippen LogP contribution in [-0.4, -0.2) is 66.9 Å². The monoisotopic (exact) mass is 289 g/mol. The zero-order valence-corrected chi connectivity index (χ0v) is 13.5. The van der Waals surface area contributed by atoms with E-state index in [1.54, 1.807) is 0 Å². The molecule has 21 heavy (non-hydrogen) atoms. The van der Waals surface area contributed by atoms with E-state index in [0.29, 0.717) is 0 Å². The van der Waals surface area contributed by atoms with E-state index in [0.717, 1.165) is 44.8 Å². The molecule has 0 N–H and O–H groups in total. The first-order chi connectivity index (χ1) is 10.2. The number of hydrogen-bond donors (Lipinski definition) is 0.